The van der Waals surface area contributed by atoms with E-state index in [9.17, 15) is 0 Å². The van der Waals surface area contributed by atoms with Gasteiger partial charge >= 0.3 is 0 Å². The van der Waals surface area contributed by atoms with Crippen molar-refractivity contribution in [3.63, 3.8) is 0 Å². The lowest BCUT2D eigenvalue weighted by molar-refractivity contribution is 0.198. The second-order valence-electron chi connectivity index (χ2n) is 8.45. The summed E-state index contributed by atoms with van der Waals surface area (Å²) in [5.74, 6) is 1.28. The number of benzene rings is 1. The van der Waals surface area contributed by atoms with E-state index in [-0.39, 0.29) is 5.95 Å². The van der Waals surface area contributed by atoms with E-state index in [0.29, 0.717) is 24.7 Å². The highest BCUT2D eigenvalue weighted by Crippen LogP contribution is 2.42. The molecule has 0 radical (unpaired) electrons. The Kier molecular flexibility index (Phi) is 7.53. The van der Waals surface area contributed by atoms with Crippen LogP contribution in [0.1, 0.15) is 53.6 Å². The van der Waals surface area contributed by atoms with E-state index in [1.807, 2.05) is 36.7 Å². The summed E-state index contributed by atoms with van der Waals surface area (Å²) in [6, 6.07) is 8.55. The molecule has 2 N–H and O–H groups in total. The van der Waals surface area contributed by atoms with Gasteiger partial charge in [0.25, 0.3) is 0 Å². The van der Waals surface area contributed by atoms with E-state index in [0.717, 1.165) is 34.6 Å². The zero-order chi connectivity index (χ0) is 24.1. The number of hydrogen-bond donors (Lipinski definition) is 1. The first kappa shape index (κ1) is 23.8. The smallest absolute Gasteiger partial charge is 0.220 e. The molecule has 1 aliphatic carbocycles. The molecule has 1 fully saturated rings. The lowest BCUT2D eigenvalue weighted by Crippen LogP contribution is -2.01. The van der Waals surface area contributed by atoms with Crippen LogP contribution in [-0.4, -0.2) is 26.0 Å². The van der Waals surface area contributed by atoms with Gasteiger partial charge in [-0.2, -0.15) is 5.10 Å². The largest absolute Gasteiger partial charge is 0.473 e. The maximum atomic E-state index is 5.93. The summed E-state index contributed by atoms with van der Waals surface area (Å²) >= 11 is 0. The Morgan fingerprint density at radius 3 is 2.82 bits per heavy atom. The fraction of sp³-hybridized carbons (Fsp3) is 0.308. The molecule has 2 aromatic heterocycles. The minimum absolute atomic E-state index is 0.261. The van der Waals surface area contributed by atoms with Crippen LogP contribution in [0.25, 0.3) is 11.4 Å². The molecule has 1 aliphatic rings. The Morgan fingerprint density at radius 2 is 2.12 bits per heavy atom. The van der Waals surface area contributed by atoms with Crippen LogP contribution in [-0.2, 0) is 24.1 Å². The molecular weight excluding hydrogens is 443 g/mol. The van der Waals surface area contributed by atoms with Gasteiger partial charge in [-0.1, -0.05) is 24.3 Å². The third-order valence-corrected chi connectivity index (χ3v) is 6.02. The van der Waals surface area contributed by atoms with E-state index >= 15 is 0 Å². The monoisotopic (exact) mass is 474 g/mol. The van der Waals surface area contributed by atoms with Gasteiger partial charge < -0.3 is 10.5 Å². The van der Waals surface area contributed by atoms with Crippen molar-refractivity contribution in [3.8, 4) is 11.4 Å². The van der Waals surface area contributed by atoms with Crippen molar-refractivity contribution in [2.75, 3.05) is 5.73 Å². The Hall–Kier alpha value is -3.31. The number of aromatic nitrogens is 4. The maximum Gasteiger partial charge on any atom is 0.220 e. The highest BCUT2D eigenvalue weighted by Gasteiger charge is 2.27. The lowest BCUT2D eigenvalue weighted by Gasteiger charge is -2.13. The average molecular weight is 475 g/mol. The predicted octanol–water partition coefficient (Wildman–Crippen LogP) is 5.17. The predicted molar refractivity (Wildman–Crippen MR) is 141 cm³/mol. The number of nitrogen functional groups attached to an aromatic ring is 1. The van der Waals surface area contributed by atoms with Crippen molar-refractivity contribution in [1.82, 2.24) is 19.7 Å². The second-order valence-corrected chi connectivity index (χ2v) is 8.81. The number of aryl methyl sites for hydroxylation is 1. The molecule has 8 heteroatoms. The molecule has 2 heterocycles. The molecule has 34 heavy (non-hydrogen) atoms. The molecule has 0 bridgehead atoms. The van der Waals surface area contributed by atoms with Crippen LogP contribution in [0.3, 0.4) is 0 Å². The van der Waals surface area contributed by atoms with Crippen molar-refractivity contribution < 1.29 is 4.74 Å². The Bertz CT molecular complexity index is 1220. The topological polar surface area (TPSA) is 91.2 Å². The van der Waals surface area contributed by atoms with E-state index < -0.39 is 0 Å². The number of anilines is 1. The van der Waals surface area contributed by atoms with Gasteiger partial charge in [0.05, 0.1) is 12.0 Å². The van der Waals surface area contributed by atoms with Crippen molar-refractivity contribution in [1.29, 1.82) is 0 Å². The number of nitrogens with two attached hydrogens (primary N) is 1. The van der Waals surface area contributed by atoms with Crippen molar-refractivity contribution >= 4 is 21.4 Å². The lowest BCUT2D eigenvalue weighted by atomic mass is 9.94. The summed E-state index contributed by atoms with van der Waals surface area (Å²) in [5, 5.41) is 4.78. The number of hydrogen-bond acceptors (Lipinski definition) is 6. The average Bonchev–Trinajstić information content (AvgIpc) is 3.57. The van der Waals surface area contributed by atoms with Gasteiger partial charge in [0.1, 0.15) is 12.3 Å². The van der Waals surface area contributed by atoms with Gasteiger partial charge in [0, 0.05) is 30.1 Å². The van der Waals surface area contributed by atoms with E-state index in [2.05, 4.69) is 55.2 Å². The first-order valence-corrected chi connectivity index (χ1v) is 12.2. The molecule has 0 saturated heterocycles. The summed E-state index contributed by atoms with van der Waals surface area (Å²) in [4.78, 5) is 12.8. The van der Waals surface area contributed by atoms with Gasteiger partial charge in [0.15, 0.2) is 0 Å². The van der Waals surface area contributed by atoms with E-state index in [4.69, 9.17) is 15.6 Å². The number of rotatable bonds is 10. The zero-order valence-corrected chi connectivity index (χ0v) is 20.9. The molecule has 1 atom stereocenters. The molecule has 7 nitrogen and oxygen atoms in total. The number of nitrogens with zero attached hydrogens (tertiary/aromatic N) is 5. The van der Waals surface area contributed by atoms with E-state index in [1.165, 1.54) is 24.0 Å². The molecule has 0 amide bonds. The third kappa shape index (κ3) is 5.97. The molecule has 3 aromatic rings. The van der Waals surface area contributed by atoms with Crippen LogP contribution >= 0.6 is 9.24 Å². The molecule has 0 aliphatic heterocycles. The van der Waals surface area contributed by atoms with Gasteiger partial charge in [-0.3, -0.25) is 4.68 Å². The zero-order valence-electron chi connectivity index (χ0n) is 19.7. The first-order chi connectivity index (χ1) is 16.5. The van der Waals surface area contributed by atoms with Gasteiger partial charge in [-0.05, 0) is 68.0 Å². The van der Waals surface area contributed by atoms with Crippen LogP contribution in [0, 0.1) is 6.92 Å². The van der Waals surface area contributed by atoms with E-state index in [1.54, 1.807) is 6.21 Å². The molecule has 1 unspecified atom stereocenters. The van der Waals surface area contributed by atoms with Crippen LogP contribution in [0.4, 0.5) is 5.95 Å². The fourth-order valence-electron chi connectivity index (χ4n) is 3.93. The fourth-order valence-corrected chi connectivity index (χ4v) is 4.12. The summed E-state index contributed by atoms with van der Waals surface area (Å²) in [6.07, 6.45) is 11.4. The highest BCUT2D eigenvalue weighted by molar-refractivity contribution is 7.15. The summed E-state index contributed by atoms with van der Waals surface area (Å²) in [6.45, 7) is 8.14. The van der Waals surface area contributed by atoms with Gasteiger partial charge in [-0.25, -0.2) is 15.0 Å². The quantitative estimate of drug-likeness (QED) is 0.249. The molecule has 176 valence electrons. The Labute approximate surface area is 203 Å². The molecule has 4 rings (SSSR count). The van der Waals surface area contributed by atoms with Crippen LogP contribution in [0.2, 0.25) is 0 Å². The van der Waals surface area contributed by atoms with Crippen LogP contribution < -0.4 is 5.73 Å². The Balaban J connectivity index is 1.62. The standard InChI is InChI=1S/C26H31N6OP/c1-4-5-10-28-18(3)33-15-19-6-9-23(20-7-8-20)21(12-19)13-22-14-32(16-34)31-25(22)24-11-17(2)29-26(27)30-24/h4-6,9-12,14,20H,3,7-8,13,15-16,34H2,1-2H3,(H2,27,29,30)/b5-4-,28-10?. The van der Waals surface area contributed by atoms with Crippen molar-refractivity contribution in [3.05, 3.63) is 83.0 Å². The molecule has 0 spiro atoms. The van der Waals surface area contributed by atoms with Gasteiger partial charge in [0.2, 0.25) is 11.8 Å². The molecule has 1 aromatic carbocycles. The molecular formula is C26H31N6OP. The van der Waals surface area contributed by atoms with Crippen molar-refractivity contribution in [2.45, 2.75) is 51.9 Å². The Morgan fingerprint density at radius 1 is 1.29 bits per heavy atom. The minimum Gasteiger partial charge on any atom is -0.473 e. The first-order valence-electron chi connectivity index (χ1n) is 11.4. The van der Waals surface area contributed by atoms with Gasteiger partial charge in [-0.15, -0.1) is 9.24 Å². The third-order valence-electron chi connectivity index (χ3n) is 5.65. The summed E-state index contributed by atoms with van der Waals surface area (Å²) in [7, 11) is 2.72. The van der Waals surface area contributed by atoms with Crippen LogP contribution in [0.5, 0.6) is 0 Å². The maximum absolute atomic E-state index is 5.93. The number of ether oxygens (including phenoxy) is 1. The number of allylic oxidation sites excluding steroid dienone is 2. The summed E-state index contributed by atoms with van der Waals surface area (Å²) < 4.78 is 7.68. The normalized spacial score (nSPS) is 13.7. The van der Waals surface area contributed by atoms with Crippen molar-refractivity contribution in [2.24, 2.45) is 4.99 Å². The highest BCUT2D eigenvalue weighted by atomic mass is 31.0. The van der Waals surface area contributed by atoms with Crippen LogP contribution in [0.15, 0.2) is 60.1 Å². The SMILES string of the molecule is C=C(N=C/C=C\C)OCc1ccc(C2CC2)c(Cc2cn(CP)nc2-c2cc(C)nc(N)n2)c1. The minimum atomic E-state index is 0.261. The second kappa shape index (κ2) is 10.7. The molecule has 1 saturated carbocycles. The number of aliphatic imine (C=N–C) groups is 1. The summed E-state index contributed by atoms with van der Waals surface area (Å²) in [5.41, 5.74) is 13.2.